The maximum atomic E-state index is 13.8. The number of halogens is 2. The number of hydrogen-bond donors (Lipinski definition) is 1. The van der Waals surface area contributed by atoms with Crippen LogP contribution in [0.2, 0.25) is 0 Å². The fraction of sp³-hybridized carbons (Fsp3) is 0.462. The van der Waals surface area contributed by atoms with E-state index in [1.54, 1.807) is 39.8 Å². The summed E-state index contributed by atoms with van der Waals surface area (Å²) in [6.07, 6.45) is -0.556. The lowest BCUT2D eigenvalue weighted by atomic mass is 10.1. The molecule has 0 atom stereocenters. The fourth-order valence-electron chi connectivity index (χ4n) is 1.41. The number of rotatable bonds is 2. The van der Waals surface area contributed by atoms with Gasteiger partial charge in [-0.2, -0.15) is 0 Å². The number of hydrogen-bond acceptors (Lipinski definition) is 2. The summed E-state index contributed by atoms with van der Waals surface area (Å²) in [5.74, 6) is -0.311. The van der Waals surface area contributed by atoms with Gasteiger partial charge in [0.25, 0.3) is 0 Å². The molecule has 0 heterocycles. The van der Waals surface area contributed by atoms with E-state index in [1.807, 2.05) is 0 Å². The first-order valence-electron chi connectivity index (χ1n) is 5.60. The topological polar surface area (TPSA) is 38.3 Å². The summed E-state index contributed by atoms with van der Waals surface area (Å²) in [6, 6.07) is 3.33. The summed E-state index contributed by atoms with van der Waals surface area (Å²) >= 11 is 3.29. The number of aryl methyl sites for hydroxylation is 1. The van der Waals surface area contributed by atoms with Crippen LogP contribution in [0.15, 0.2) is 16.6 Å². The molecule has 1 N–H and O–H groups in total. The molecule has 0 aromatic heterocycles. The van der Waals surface area contributed by atoms with Gasteiger partial charge in [0.05, 0.1) is 0 Å². The van der Waals surface area contributed by atoms with Gasteiger partial charge in [-0.1, -0.05) is 15.9 Å². The Hall–Kier alpha value is -1.10. The van der Waals surface area contributed by atoms with Gasteiger partial charge in [0.15, 0.2) is 0 Å². The highest BCUT2D eigenvalue weighted by molar-refractivity contribution is 9.10. The normalized spacial score (nSPS) is 11.2. The Bertz CT molecular complexity index is 455. The molecule has 3 nitrogen and oxygen atoms in total. The van der Waals surface area contributed by atoms with Crippen molar-refractivity contribution in [2.45, 2.75) is 39.8 Å². The smallest absolute Gasteiger partial charge is 0.407 e. The van der Waals surface area contributed by atoms with Crippen LogP contribution in [0.25, 0.3) is 0 Å². The molecule has 0 aliphatic rings. The van der Waals surface area contributed by atoms with Crippen molar-refractivity contribution in [3.63, 3.8) is 0 Å². The largest absolute Gasteiger partial charge is 0.444 e. The zero-order chi connectivity index (χ0) is 13.9. The Labute approximate surface area is 115 Å². The van der Waals surface area contributed by atoms with Crippen LogP contribution < -0.4 is 5.32 Å². The van der Waals surface area contributed by atoms with Gasteiger partial charge in [0.1, 0.15) is 11.4 Å². The van der Waals surface area contributed by atoms with Gasteiger partial charge < -0.3 is 10.1 Å². The van der Waals surface area contributed by atoms with E-state index in [1.165, 1.54) is 0 Å². The maximum absolute atomic E-state index is 13.8. The number of amides is 1. The van der Waals surface area contributed by atoms with E-state index in [-0.39, 0.29) is 12.4 Å². The predicted molar refractivity (Wildman–Crippen MR) is 71.9 cm³/mol. The highest BCUT2D eigenvalue weighted by atomic mass is 79.9. The zero-order valence-electron chi connectivity index (χ0n) is 10.9. The Kier molecular flexibility index (Phi) is 4.73. The molecule has 0 aliphatic carbocycles. The molecule has 0 saturated carbocycles. The number of ether oxygens (including phenoxy) is 1. The predicted octanol–water partition coefficient (Wildman–Crippen LogP) is 3.92. The second kappa shape index (κ2) is 5.69. The van der Waals surface area contributed by atoms with Crippen molar-refractivity contribution < 1.29 is 13.9 Å². The Morgan fingerprint density at radius 3 is 2.61 bits per heavy atom. The van der Waals surface area contributed by atoms with Gasteiger partial charge in [-0.05, 0) is 45.4 Å². The lowest BCUT2D eigenvalue weighted by molar-refractivity contribution is 0.0523. The molecule has 0 saturated heterocycles. The first-order chi connectivity index (χ1) is 8.19. The third kappa shape index (κ3) is 4.64. The van der Waals surface area contributed by atoms with E-state index in [0.717, 1.165) is 4.47 Å². The highest BCUT2D eigenvalue weighted by Gasteiger charge is 2.16. The lowest BCUT2D eigenvalue weighted by Crippen LogP contribution is -2.32. The molecular formula is C13H17BrFNO2. The lowest BCUT2D eigenvalue weighted by Gasteiger charge is -2.19. The van der Waals surface area contributed by atoms with Gasteiger partial charge >= 0.3 is 6.09 Å². The summed E-state index contributed by atoms with van der Waals surface area (Å²) < 4.78 is 19.6. The molecule has 0 radical (unpaired) electrons. The van der Waals surface area contributed by atoms with E-state index >= 15 is 0 Å². The van der Waals surface area contributed by atoms with Crippen LogP contribution in [-0.2, 0) is 11.3 Å². The van der Waals surface area contributed by atoms with Gasteiger partial charge in [-0.25, -0.2) is 9.18 Å². The van der Waals surface area contributed by atoms with Crippen molar-refractivity contribution in [3.8, 4) is 0 Å². The quantitative estimate of drug-likeness (QED) is 0.897. The molecule has 1 aromatic rings. The summed E-state index contributed by atoms with van der Waals surface area (Å²) in [5, 5.41) is 2.53. The van der Waals surface area contributed by atoms with E-state index in [0.29, 0.717) is 11.1 Å². The Morgan fingerprint density at radius 2 is 2.06 bits per heavy atom. The van der Waals surface area contributed by atoms with Crippen LogP contribution in [0.4, 0.5) is 9.18 Å². The summed E-state index contributed by atoms with van der Waals surface area (Å²) in [5.41, 5.74) is 0.397. The van der Waals surface area contributed by atoms with Gasteiger partial charge in [-0.15, -0.1) is 0 Å². The third-order valence-corrected chi connectivity index (χ3v) is 2.57. The second-order valence-electron chi connectivity index (χ2n) is 5.05. The number of alkyl carbamates (subject to hydrolysis) is 1. The molecule has 0 unspecified atom stereocenters. The van der Waals surface area contributed by atoms with Crippen molar-refractivity contribution in [3.05, 3.63) is 33.5 Å². The molecule has 5 heteroatoms. The minimum atomic E-state index is -0.560. The van der Waals surface area contributed by atoms with Crippen LogP contribution >= 0.6 is 15.9 Å². The SMILES string of the molecule is Cc1cc(Br)cc(CNC(=O)OC(C)(C)C)c1F. The average molecular weight is 318 g/mol. The molecular weight excluding hydrogens is 301 g/mol. The first-order valence-corrected chi connectivity index (χ1v) is 6.40. The summed E-state index contributed by atoms with van der Waals surface area (Å²) in [7, 11) is 0. The van der Waals surface area contributed by atoms with Crippen LogP contribution in [0.5, 0.6) is 0 Å². The van der Waals surface area contributed by atoms with E-state index < -0.39 is 11.7 Å². The van der Waals surface area contributed by atoms with E-state index in [4.69, 9.17) is 4.74 Å². The first kappa shape index (κ1) is 15.0. The number of carbonyl (C=O) groups excluding carboxylic acids is 1. The maximum Gasteiger partial charge on any atom is 0.407 e. The van der Waals surface area contributed by atoms with Crippen LogP contribution in [0, 0.1) is 12.7 Å². The van der Waals surface area contributed by atoms with Crippen LogP contribution in [0.1, 0.15) is 31.9 Å². The molecule has 0 spiro atoms. The van der Waals surface area contributed by atoms with Crippen LogP contribution in [0.3, 0.4) is 0 Å². The zero-order valence-corrected chi connectivity index (χ0v) is 12.5. The summed E-state index contributed by atoms with van der Waals surface area (Å²) in [4.78, 5) is 11.4. The number of benzene rings is 1. The molecule has 1 aromatic carbocycles. The van der Waals surface area contributed by atoms with Crippen molar-refractivity contribution in [2.75, 3.05) is 0 Å². The minimum Gasteiger partial charge on any atom is -0.444 e. The number of carbonyl (C=O) groups is 1. The van der Waals surface area contributed by atoms with Crippen molar-refractivity contribution in [2.24, 2.45) is 0 Å². The Balaban J connectivity index is 2.67. The van der Waals surface area contributed by atoms with Crippen molar-refractivity contribution in [1.82, 2.24) is 5.32 Å². The standard InChI is InChI=1S/C13H17BrFNO2/c1-8-5-10(14)6-9(11(8)15)7-16-12(17)18-13(2,3)4/h5-6H,7H2,1-4H3,(H,16,17). The number of nitrogens with one attached hydrogen (secondary N) is 1. The monoisotopic (exact) mass is 317 g/mol. The van der Waals surface area contributed by atoms with Crippen LogP contribution in [-0.4, -0.2) is 11.7 Å². The average Bonchev–Trinajstić information content (AvgIpc) is 2.18. The molecule has 0 bridgehead atoms. The molecule has 0 fully saturated rings. The van der Waals surface area contributed by atoms with E-state index in [9.17, 15) is 9.18 Å². The third-order valence-electron chi connectivity index (χ3n) is 2.12. The summed E-state index contributed by atoms with van der Waals surface area (Å²) in [6.45, 7) is 7.10. The molecule has 18 heavy (non-hydrogen) atoms. The highest BCUT2D eigenvalue weighted by Crippen LogP contribution is 2.19. The molecule has 100 valence electrons. The Morgan fingerprint density at radius 1 is 1.44 bits per heavy atom. The van der Waals surface area contributed by atoms with Gasteiger partial charge in [0, 0.05) is 16.6 Å². The molecule has 1 rings (SSSR count). The molecule has 1 amide bonds. The van der Waals surface area contributed by atoms with Crippen molar-refractivity contribution in [1.29, 1.82) is 0 Å². The van der Waals surface area contributed by atoms with Crippen molar-refractivity contribution >= 4 is 22.0 Å². The minimum absolute atomic E-state index is 0.0982. The van der Waals surface area contributed by atoms with Gasteiger partial charge in [0.2, 0.25) is 0 Å². The van der Waals surface area contributed by atoms with Gasteiger partial charge in [-0.3, -0.25) is 0 Å². The molecule has 0 aliphatic heterocycles. The fourth-order valence-corrected chi connectivity index (χ4v) is 2.02. The second-order valence-corrected chi connectivity index (χ2v) is 5.97. The van der Waals surface area contributed by atoms with E-state index in [2.05, 4.69) is 21.2 Å².